The van der Waals surface area contributed by atoms with Crippen molar-refractivity contribution in [1.29, 1.82) is 0 Å². The molecule has 1 atom stereocenters. The smallest absolute Gasteiger partial charge is 0.347 e. The maximum absolute atomic E-state index is 13.6. The van der Waals surface area contributed by atoms with Crippen molar-refractivity contribution in [2.45, 2.75) is 20.0 Å². The minimum Gasteiger partial charge on any atom is -0.493 e. The number of furan rings is 1. The van der Waals surface area contributed by atoms with Crippen molar-refractivity contribution in [2.75, 3.05) is 13.7 Å². The molecule has 5 aromatic rings. The second kappa shape index (κ2) is 12.2. The zero-order chi connectivity index (χ0) is 29.3. The monoisotopic (exact) mass is 745 g/mol. The van der Waals surface area contributed by atoms with Gasteiger partial charge in [-0.1, -0.05) is 28.1 Å². The van der Waals surface area contributed by atoms with E-state index < -0.39 is 12.1 Å². The number of methoxy groups -OCH3 is 1. The molecule has 0 aliphatic rings. The predicted octanol–water partition coefficient (Wildman–Crippen LogP) is 7.32. The van der Waals surface area contributed by atoms with E-state index in [1.807, 2.05) is 30.3 Å². The molecule has 0 aliphatic heterocycles. The number of hydrogen-bond acceptors (Lipinski definition) is 8. The van der Waals surface area contributed by atoms with Crippen LogP contribution in [0.5, 0.6) is 11.5 Å². The van der Waals surface area contributed by atoms with Crippen LogP contribution in [0, 0.1) is 0 Å². The lowest BCUT2D eigenvalue weighted by atomic mass is 10.2. The lowest BCUT2D eigenvalue weighted by molar-refractivity contribution is -0.150. The quantitative estimate of drug-likeness (QED) is 0.121. The molecular weight excluding hydrogens is 726 g/mol. The summed E-state index contributed by atoms with van der Waals surface area (Å²) < 4.78 is 25.7. The summed E-state index contributed by atoms with van der Waals surface area (Å²) >= 11 is 10.6. The van der Waals surface area contributed by atoms with Crippen LogP contribution in [0.25, 0.3) is 33.5 Å². The van der Waals surface area contributed by atoms with E-state index >= 15 is 0 Å². The molecule has 0 bridgehead atoms. The molecule has 0 unspecified atom stereocenters. The number of halogens is 3. The van der Waals surface area contributed by atoms with Gasteiger partial charge >= 0.3 is 5.97 Å². The van der Waals surface area contributed by atoms with Gasteiger partial charge in [-0.05, 0) is 88.2 Å². The number of ether oxygens (including phenoxy) is 3. The third kappa shape index (κ3) is 5.81. The maximum atomic E-state index is 13.6. The van der Waals surface area contributed by atoms with Gasteiger partial charge in [0.05, 0.1) is 35.3 Å². The fourth-order valence-corrected chi connectivity index (χ4v) is 5.37. The zero-order valence-electron chi connectivity index (χ0n) is 22.0. The van der Waals surface area contributed by atoms with Crippen molar-refractivity contribution < 1.29 is 23.4 Å². The van der Waals surface area contributed by atoms with E-state index in [1.165, 1.54) is 18.0 Å². The molecule has 0 fully saturated rings. The number of esters is 1. The van der Waals surface area contributed by atoms with E-state index in [-0.39, 0.29) is 18.0 Å². The molecule has 0 N–H and O–H groups in total. The zero-order valence-corrected chi connectivity index (χ0v) is 26.7. The molecule has 0 saturated carbocycles. The summed E-state index contributed by atoms with van der Waals surface area (Å²) in [5.74, 6) is 0.757. The van der Waals surface area contributed by atoms with Crippen LogP contribution in [0.15, 0.2) is 82.3 Å². The van der Waals surface area contributed by atoms with Crippen molar-refractivity contribution in [3.63, 3.8) is 0 Å². The van der Waals surface area contributed by atoms with Gasteiger partial charge in [0.15, 0.2) is 23.4 Å². The van der Waals surface area contributed by atoms with Gasteiger partial charge in [-0.3, -0.25) is 4.79 Å². The SMILES string of the molecule is CCOC(=O)[C@H](C)Oc1c(OC)cc(C=Nn2c(-c3cc4cc(Br)ccc4o3)nc3ccccc3c2=O)c(Br)c1Br. The van der Waals surface area contributed by atoms with E-state index in [2.05, 4.69) is 52.9 Å². The van der Waals surface area contributed by atoms with Crippen molar-refractivity contribution in [3.05, 3.63) is 83.9 Å². The van der Waals surface area contributed by atoms with Crippen LogP contribution < -0.4 is 15.0 Å². The lowest BCUT2D eigenvalue weighted by Crippen LogP contribution is -2.26. The topological polar surface area (TPSA) is 105 Å². The van der Waals surface area contributed by atoms with Crippen LogP contribution in [-0.2, 0) is 9.53 Å². The number of hydrogen-bond donors (Lipinski definition) is 0. The van der Waals surface area contributed by atoms with E-state index in [4.69, 9.17) is 23.6 Å². The molecule has 5 rings (SSSR count). The fourth-order valence-electron chi connectivity index (χ4n) is 4.08. The summed E-state index contributed by atoms with van der Waals surface area (Å²) in [4.78, 5) is 30.5. The first kappa shape index (κ1) is 29.0. The Morgan fingerprint density at radius 1 is 1.12 bits per heavy atom. The summed E-state index contributed by atoms with van der Waals surface area (Å²) in [5, 5.41) is 5.79. The molecule has 12 heteroatoms. The first-order chi connectivity index (χ1) is 19.7. The summed E-state index contributed by atoms with van der Waals surface area (Å²) in [7, 11) is 1.48. The molecule has 0 radical (unpaired) electrons. The lowest BCUT2D eigenvalue weighted by Gasteiger charge is -2.18. The van der Waals surface area contributed by atoms with E-state index in [0.717, 1.165) is 9.86 Å². The highest BCUT2D eigenvalue weighted by Gasteiger charge is 2.23. The van der Waals surface area contributed by atoms with Crippen molar-refractivity contribution >= 4 is 81.8 Å². The highest BCUT2D eigenvalue weighted by molar-refractivity contribution is 9.13. The Bertz CT molecular complexity index is 1880. The predicted molar refractivity (Wildman–Crippen MR) is 167 cm³/mol. The van der Waals surface area contributed by atoms with E-state index in [9.17, 15) is 9.59 Å². The number of carbonyl (C=O) groups excluding carboxylic acids is 1. The highest BCUT2D eigenvalue weighted by atomic mass is 79.9. The van der Waals surface area contributed by atoms with Gasteiger partial charge in [-0.25, -0.2) is 9.78 Å². The van der Waals surface area contributed by atoms with Gasteiger partial charge in [0.1, 0.15) is 5.58 Å². The number of benzene rings is 3. The Kier molecular flexibility index (Phi) is 8.62. The minimum absolute atomic E-state index is 0.237. The summed E-state index contributed by atoms with van der Waals surface area (Å²) in [6.07, 6.45) is 0.622. The molecule has 41 heavy (non-hydrogen) atoms. The summed E-state index contributed by atoms with van der Waals surface area (Å²) in [6, 6.07) is 16.2. The third-order valence-corrected chi connectivity index (χ3v) is 8.69. The number of fused-ring (bicyclic) bond motifs is 2. The molecule has 3 aromatic carbocycles. The van der Waals surface area contributed by atoms with Gasteiger partial charge in [0.2, 0.25) is 5.82 Å². The molecule has 0 aliphatic carbocycles. The molecule has 2 heterocycles. The maximum Gasteiger partial charge on any atom is 0.347 e. The van der Waals surface area contributed by atoms with E-state index in [0.29, 0.717) is 48.3 Å². The largest absolute Gasteiger partial charge is 0.493 e. The number of nitrogens with zero attached hydrogens (tertiary/aromatic N) is 3. The van der Waals surface area contributed by atoms with Crippen molar-refractivity contribution in [3.8, 4) is 23.1 Å². The average Bonchev–Trinajstić information content (AvgIpc) is 3.39. The fraction of sp³-hybridized carbons (Fsp3) is 0.172. The summed E-state index contributed by atoms with van der Waals surface area (Å²) in [6.45, 7) is 3.55. The third-order valence-electron chi connectivity index (χ3n) is 6.05. The number of rotatable bonds is 8. The van der Waals surface area contributed by atoms with Gasteiger partial charge in [0.25, 0.3) is 5.56 Å². The van der Waals surface area contributed by atoms with E-state index in [1.54, 1.807) is 38.1 Å². The second-order valence-corrected chi connectivity index (χ2v) is 11.2. The molecular formula is C29H22Br3N3O6. The van der Waals surface area contributed by atoms with Crippen LogP contribution in [0.2, 0.25) is 0 Å². The number of para-hydroxylation sites is 1. The Morgan fingerprint density at radius 2 is 1.90 bits per heavy atom. The molecule has 0 spiro atoms. The normalized spacial score (nSPS) is 12.2. The molecule has 2 aromatic heterocycles. The molecule has 9 nitrogen and oxygen atoms in total. The van der Waals surface area contributed by atoms with Crippen LogP contribution in [0.1, 0.15) is 19.4 Å². The molecule has 0 saturated heterocycles. The summed E-state index contributed by atoms with van der Waals surface area (Å²) in [5.41, 5.74) is 1.35. The standard InChI is InChI=1S/C29H22Br3N3O6/c1-4-39-29(37)15(2)40-26-22(38-3)13-17(24(31)25(26)32)14-33-35-27(34-20-8-6-5-7-19(20)28(35)36)23-12-16-11-18(30)9-10-21(16)41-23/h5-15H,4H2,1-3H3/t15-/m0/s1. The Labute approximate surface area is 259 Å². The van der Waals surface area contributed by atoms with Gasteiger partial charge < -0.3 is 18.6 Å². The first-order valence-electron chi connectivity index (χ1n) is 12.4. The molecule has 210 valence electrons. The Balaban J connectivity index is 1.62. The van der Waals surface area contributed by atoms with Crippen molar-refractivity contribution in [2.24, 2.45) is 5.10 Å². The van der Waals surface area contributed by atoms with Crippen LogP contribution in [0.3, 0.4) is 0 Å². The average molecular weight is 748 g/mol. The number of aromatic nitrogens is 2. The minimum atomic E-state index is -0.874. The second-order valence-electron chi connectivity index (χ2n) is 8.74. The van der Waals surface area contributed by atoms with Gasteiger partial charge in [-0.2, -0.15) is 9.78 Å². The van der Waals surface area contributed by atoms with Gasteiger partial charge in [0, 0.05) is 19.9 Å². The van der Waals surface area contributed by atoms with Gasteiger partial charge in [-0.15, -0.1) is 0 Å². The van der Waals surface area contributed by atoms with Crippen molar-refractivity contribution in [1.82, 2.24) is 9.66 Å². The molecule has 0 amide bonds. The number of carbonyl (C=O) groups is 1. The van der Waals surface area contributed by atoms with Crippen LogP contribution in [0.4, 0.5) is 0 Å². The van der Waals surface area contributed by atoms with Crippen LogP contribution >= 0.6 is 47.8 Å². The Hall–Kier alpha value is -3.48. The highest BCUT2D eigenvalue weighted by Crippen LogP contribution is 2.43. The first-order valence-corrected chi connectivity index (χ1v) is 14.7. The Morgan fingerprint density at radius 3 is 2.66 bits per heavy atom. The van der Waals surface area contributed by atoms with Crippen LogP contribution in [-0.4, -0.2) is 41.7 Å².